The van der Waals surface area contributed by atoms with Gasteiger partial charge in [-0.1, -0.05) is 24.8 Å². The highest BCUT2D eigenvalue weighted by Gasteiger charge is 2.05. The van der Waals surface area contributed by atoms with Gasteiger partial charge in [0.1, 0.15) is 12.4 Å². The highest BCUT2D eigenvalue weighted by Crippen LogP contribution is 2.23. The summed E-state index contributed by atoms with van der Waals surface area (Å²) in [6.07, 6.45) is 0.895. The van der Waals surface area contributed by atoms with Gasteiger partial charge in [-0.15, -0.1) is 0 Å². The first kappa shape index (κ1) is 12.5. The third-order valence-corrected chi connectivity index (χ3v) is 1.98. The van der Waals surface area contributed by atoms with Crippen LogP contribution in [0.25, 0.3) is 0 Å². The zero-order valence-corrected chi connectivity index (χ0v) is 9.10. The summed E-state index contributed by atoms with van der Waals surface area (Å²) in [6, 6.07) is 7.42. The van der Waals surface area contributed by atoms with Crippen LogP contribution in [0.4, 0.5) is 5.69 Å². The van der Waals surface area contributed by atoms with Crippen molar-refractivity contribution < 1.29 is 14.9 Å². The van der Waals surface area contributed by atoms with Crippen molar-refractivity contribution in [1.82, 2.24) is 0 Å². The molecule has 0 bridgehead atoms. The van der Waals surface area contributed by atoms with E-state index < -0.39 is 6.10 Å². The molecular formula is C12H17NO3. The normalized spacial score (nSPS) is 11.9. The first-order valence-corrected chi connectivity index (χ1v) is 5.13. The molecule has 3 N–H and O–H groups in total. The molecule has 0 saturated heterocycles. The molecule has 4 heteroatoms. The van der Waals surface area contributed by atoms with Crippen LogP contribution >= 0.6 is 0 Å². The maximum Gasteiger partial charge on any atom is 0.142 e. The number of aliphatic hydroxyl groups is 2. The van der Waals surface area contributed by atoms with Crippen LogP contribution in [-0.2, 0) is 0 Å². The van der Waals surface area contributed by atoms with Crippen LogP contribution < -0.4 is 10.1 Å². The lowest BCUT2D eigenvalue weighted by molar-refractivity contribution is 0.105. The standard InChI is InChI=1S/C12H17NO3/c1-2-7-16-12-6-4-3-5-11(12)13-8-10(15)9-14/h2-6,10,13-15H,1,7-9H2. The zero-order chi connectivity index (χ0) is 11.8. The summed E-state index contributed by atoms with van der Waals surface area (Å²) in [5, 5.41) is 20.9. The van der Waals surface area contributed by atoms with Gasteiger partial charge in [-0.05, 0) is 12.1 Å². The lowest BCUT2D eigenvalue weighted by Crippen LogP contribution is -2.23. The second-order valence-electron chi connectivity index (χ2n) is 3.31. The molecule has 0 amide bonds. The highest BCUT2D eigenvalue weighted by atomic mass is 16.5. The Morgan fingerprint density at radius 1 is 1.44 bits per heavy atom. The maximum atomic E-state index is 9.22. The van der Waals surface area contributed by atoms with E-state index >= 15 is 0 Å². The van der Waals surface area contributed by atoms with Crippen molar-refractivity contribution in [3.63, 3.8) is 0 Å². The van der Waals surface area contributed by atoms with E-state index in [9.17, 15) is 5.11 Å². The fraction of sp³-hybridized carbons (Fsp3) is 0.333. The van der Waals surface area contributed by atoms with E-state index in [-0.39, 0.29) is 13.2 Å². The lowest BCUT2D eigenvalue weighted by atomic mass is 10.2. The van der Waals surface area contributed by atoms with Crippen LogP contribution in [0.1, 0.15) is 0 Å². The second kappa shape index (κ2) is 6.87. The Morgan fingerprint density at radius 2 is 2.19 bits per heavy atom. The Labute approximate surface area is 95.2 Å². The molecule has 0 saturated carbocycles. The van der Waals surface area contributed by atoms with Crippen molar-refractivity contribution in [3.05, 3.63) is 36.9 Å². The van der Waals surface area contributed by atoms with Crippen LogP contribution in [0.3, 0.4) is 0 Å². The molecule has 1 rings (SSSR count). The van der Waals surface area contributed by atoms with E-state index in [4.69, 9.17) is 9.84 Å². The Hall–Kier alpha value is -1.52. The number of ether oxygens (including phenoxy) is 1. The van der Waals surface area contributed by atoms with Crippen LogP contribution in [0.15, 0.2) is 36.9 Å². The molecule has 1 unspecified atom stereocenters. The predicted octanol–water partition coefficient (Wildman–Crippen LogP) is 1.02. The quantitative estimate of drug-likeness (QED) is 0.604. The Kier molecular flexibility index (Phi) is 5.39. The Morgan fingerprint density at radius 3 is 2.88 bits per heavy atom. The fourth-order valence-corrected chi connectivity index (χ4v) is 1.18. The minimum absolute atomic E-state index is 0.261. The van der Waals surface area contributed by atoms with Crippen molar-refractivity contribution in [1.29, 1.82) is 0 Å². The lowest BCUT2D eigenvalue weighted by Gasteiger charge is -2.14. The van der Waals surface area contributed by atoms with Gasteiger partial charge in [0.25, 0.3) is 0 Å². The molecule has 16 heavy (non-hydrogen) atoms. The SMILES string of the molecule is C=CCOc1ccccc1NCC(O)CO. The van der Waals surface area contributed by atoms with Crippen molar-refractivity contribution >= 4 is 5.69 Å². The molecule has 0 aliphatic carbocycles. The summed E-state index contributed by atoms with van der Waals surface area (Å²) >= 11 is 0. The number of hydrogen-bond donors (Lipinski definition) is 3. The van der Waals surface area contributed by atoms with Crippen molar-refractivity contribution in [2.75, 3.05) is 25.1 Å². The van der Waals surface area contributed by atoms with Crippen molar-refractivity contribution in [2.24, 2.45) is 0 Å². The Bertz CT molecular complexity index is 328. The topological polar surface area (TPSA) is 61.7 Å². The van der Waals surface area contributed by atoms with Gasteiger partial charge < -0.3 is 20.3 Å². The highest BCUT2D eigenvalue weighted by molar-refractivity contribution is 5.56. The molecule has 1 atom stereocenters. The van der Waals surface area contributed by atoms with Gasteiger partial charge in [-0.25, -0.2) is 0 Å². The number of benzene rings is 1. The Balaban J connectivity index is 2.59. The van der Waals surface area contributed by atoms with E-state index in [2.05, 4.69) is 11.9 Å². The van der Waals surface area contributed by atoms with Crippen molar-refractivity contribution in [3.8, 4) is 5.75 Å². The number of hydrogen-bond acceptors (Lipinski definition) is 4. The number of rotatable bonds is 7. The molecule has 4 nitrogen and oxygen atoms in total. The summed E-state index contributed by atoms with van der Waals surface area (Å²) in [5.41, 5.74) is 0.789. The molecule has 0 heterocycles. The van der Waals surface area contributed by atoms with Gasteiger partial charge in [0.15, 0.2) is 0 Å². The van der Waals surface area contributed by atoms with Gasteiger partial charge in [0, 0.05) is 6.54 Å². The van der Waals surface area contributed by atoms with Crippen LogP contribution in [0, 0.1) is 0 Å². The number of aliphatic hydroxyl groups excluding tert-OH is 2. The number of nitrogens with one attached hydrogen (secondary N) is 1. The molecule has 1 aromatic rings. The van der Waals surface area contributed by atoms with E-state index in [1.807, 2.05) is 24.3 Å². The summed E-state index contributed by atoms with van der Waals surface area (Å²) in [6.45, 7) is 4.03. The molecule has 88 valence electrons. The van der Waals surface area contributed by atoms with Gasteiger partial charge >= 0.3 is 0 Å². The number of anilines is 1. The maximum absolute atomic E-state index is 9.22. The molecule has 0 spiro atoms. The number of para-hydroxylation sites is 2. The smallest absolute Gasteiger partial charge is 0.142 e. The molecule has 0 aliphatic heterocycles. The summed E-state index contributed by atoms with van der Waals surface area (Å²) in [4.78, 5) is 0. The average Bonchev–Trinajstić information content (AvgIpc) is 2.34. The van der Waals surface area contributed by atoms with E-state index in [0.717, 1.165) is 5.69 Å². The summed E-state index contributed by atoms with van der Waals surface area (Å²) in [7, 11) is 0. The van der Waals surface area contributed by atoms with Gasteiger partial charge in [0.05, 0.1) is 18.4 Å². The minimum Gasteiger partial charge on any atom is -0.487 e. The molecule has 0 fully saturated rings. The monoisotopic (exact) mass is 223 g/mol. The fourth-order valence-electron chi connectivity index (χ4n) is 1.18. The summed E-state index contributed by atoms with van der Waals surface area (Å²) in [5.74, 6) is 0.701. The molecule has 0 aromatic heterocycles. The molecular weight excluding hydrogens is 206 g/mol. The summed E-state index contributed by atoms with van der Waals surface area (Å²) < 4.78 is 5.43. The minimum atomic E-state index is -0.771. The van der Waals surface area contributed by atoms with Gasteiger partial charge in [-0.2, -0.15) is 0 Å². The largest absolute Gasteiger partial charge is 0.487 e. The van der Waals surface area contributed by atoms with Gasteiger partial charge in [0.2, 0.25) is 0 Å². The van der Waals surface area contributed by atoms with Crippen LogP contribution in [0.2, 0.25) is 0 Å². The van der Waals surface area contributed by atoms with E-state index in [0.29, 0.717) is 12.4 Å². The second-order valence-corrected chi connectivity index (χ2v) is 3.31. The predicted molar refractivity (Wildman–Crippen MR) is 63.7 cm³/mol. The molecule has 0 aliphatic rings. The first-order chi connectivity index (χ1) is 7.77. The van der Waals surface area contributed by atoms with E-state index in [1.165, 1.54) is 0 Å². The van der Waals surface area contributed by atoms with E-state index in [1.54, 1.807) is 6.08 Å². The molecule has 0 radical (unpaired) electrons. The molecule has 1 aromatic carbocycles. The van der Waals surface area contributed by atoms with Crippen LogP contribution in [0.5, 0.6) is 5.75 Å². The third kappa shape index (κ3) is 3.92. The first-order valence-electron chi connectivity index (χ1n) is 5.13. The van der Waals surface area contributed by atoms with Crippen molar-refractivity contribution in [2.45, 2.75) is 6.10 Å². The van der Waals surface area contributed by atoms with Crippen LogP contribution in [-0.4, -0.2) is 36.1 Å². The van der Waals surface area contributed by atoms with Gasteiger partial charge in [-0.3, -0.25) is 0 Å². The average molecular weight is 223 g/mol. The zero-order valence-electron chi connectivity index (χ0n) is 9.10. The third-order valence-electron chi connectivity index (χ3n) is 1.98.